The summed E-state index contributed by atoms with van der Waals surface area (Å²) in [7, 11) is 0. The first kappa shape index (κ1) is 74.7. The number of fused-ring (bicyclic) bond motifs is 3. The summed E-state index contributed by atoms with van der Waals surface area (Å²) in [5.41, 5.74) is 27.4. The largest absolute Gasteiger partial charge is 0.0622 e. The predicted molar refractivity (Wildman–Crippen MR) is 544 cm³/mol. The molecule has 0 aliphatic rings. The number of hydrogen-bond acceptors (Lipinski definition) is 0. The summed E-state index contributed by atoms with van der Waals surface area (Å²) < 4.78 is 0. The Hall–Kier alpha value is -15.3. The quantitative estimate of drug-likeness (QED) is 0.140. The Morgan fingerprint density at radius 1 is 0.112 bits per heavy atom. The molecule has 0 atom stereocenters. The number of hydrogen-bond donors (Lipinski definition) is 0. The van der Waals surface area contributed by atoms with Crippen LogP contribution in [0.15, 0.2) is 406 Å². The minimum Gasteiger partial charge on any atom is -0.0622 e. The van der Waals surface area contributed by atoms with Crippen molar-refractivity contribution in [3.63, 3.8) is 0 Å². The molecule has 0 heteroatoms. The van der Waals surface area contributed by atoms with Gasteiger partial charge in [-0.15, -0.1) is 0 Å². The maximum Gasteiger partial charge on any atom is -0.00203 e. The molecule has 26 aromatic rings. The fourth-order valence-corrected chi connectivity index (χ4v) is 20.9. The van der Waals surface area contributed by atoms with E-state index in [1.807, 2.05) is 0 Å². The van der Waals surface area contributed by atoms with Crippen molar-refractivity contribution in [3.8, 4) is 77.9 Å². The second kappa shape index (κ2) is 30.1. The van der Waals surface area contributed by atoms with Gasteiger partial charge in [0.2, 0.25) is 0 Å². The highest BCUT2D eigenvalue weighted by Gasteiger charge is 2.22. The molecule has 0 radical (unpaired) electrons. The lowest BCUT2D eigenvalue weighted by atomic mass is 9.86. The molecule has 0 fully saturated rings. The van der Waals surface area contributed by atoms with Gasteiger partial charge in [0, 0.05) is 0 Å². The average molecular weight is 1590 g/mol. The van der Waals surface area contributed by atoms with E-state index < -0.39 is 0 Å². The highest BCUT2D eigenvalue weighted by atomic mass is 14.3. The molecule has 0 aliphatic heterocycles. The van der Waals surface area contributed by atoms with Gasteiger partial charge >= 0.3 is 0 Å². The van der Waals surface area contributed by atoms with Crippen molar-refractivity contribution in [1.29, 1.82) is 0 Å². The van der Waals surface area contributed by atoms with Crippen molar-refractivity contribution in [2.24, 2.45) is 0 Å². The molecule has 0 heterocycles. The van der Waals surface area contributed by atoms with Gasteiger partial charge in [-0.25, -0.2) is 0 Å². The van der Waals surface area contributed by atoms with E-state index in [9.17, 15) is 0 Å². The Morgan fingerprint density at radius 3 is 0.856 bits per heavy atom. The number of aryl methyl sites for hydroxylation is 7. The Kier molecular flexibility index (Phi) is 18.0. The van der Waals surface area contributed by atoms with Gasteiger partial charge in [0.15, 0.2) is 0 Å². The first-order chi connectivity index (χ1) is 61.4. The van der Waals surface area contributed by atoms with Crippen molar-refractivity contribution in [2.75, 3.05) is 0 Å². The van der Waals surface area contributed by atoms with Gasteiger partial charge in [0.25, 0.3) is 0 Å². The second-order valence-electron chi connectivity index (χ2n) is 34.8. The number of rotatable bonds is 7. The first-order valence-corrected chi connectivity index (χ1v) is 43.9. The van der Waals surface area contributed by atoms with Crippen molar-refractivity contribution in [1.82, 2.24) is 0 Å². The minimum absolute atomic E-state index is 1.27. The standard InChI is InChI=1S/2C34H24.C30H22.C27H18/c1-21-10-11-26(20-22(21)2)28-16-12-24-15-19-32-30(17-13-25-14-18-31(28)33(24)34(25)32)29-9-5-7-23-6-3-4-8-27(23)29;1-21-7-8-27(19-22(21)2)29-15-11-24-14-18-32-30(16-12-25-13-17-31(29)33(24)34(25)32)28-10-9-23-5-3-4-6-26(23)20-28;1-19-16-20(2)18-24(17-19)26-13-9-23-10-14-27-25(21-6-4-3-5-7-21)12-8-22-11-15-28(26)30(23)29(22)27;1-17-9-14-23(22-8-3-2-7-21(17)22)24-15-12-20-11-10-18-5-4-6-19-13-16-25(24)27(20)26(18)19/h2*3-20H,1-2H3;3-18H,1-2H3;2-16H,1H3. The lowest BCUT2D eigenvalue weighted by Gasteiger charge is -2.17. The maximum absolute atomic E-state index is 2.32. The molecule has 588 valence electrons. The summed E-state index contributed by atoms with van der Waals surface area (Å²) in [5.74, 6) is 0. The minimum atomic E-state index is 1.27. The summed E-state index contributed by atoms with van der Waals surface area (Å²) in [6.07, 6.45) is 0. The molecule has 0 spiro atoms. The molecule has 0 saturated heterocycles. The van der Waals surface area contributed by atoms with Crippen LogP contribution < -0.4 is 0 Å². The SMILES string of the molecule is Cc1cc(C)cc(-c2ccc3ccc4c(-c5ccccc5)ccc5ccc2c3c54)c1.Cc1ccc(-c2ccc3ccc4c(-c5ccc6ccccc6c5)ccc5ccc2c3c54)cc1C.Cc1ccc(-c2ccc3ccc4c(-c5cccc6ccccc56)ccc5ccc2c3c54)cc1C.Cc1ccc(-c2ccc3ccc4cccc5ccc2c3c45)c2ccccc12. The number of benzene rings is 26. The van der Waals surface area contributed by atoms with Gasteiger partial charge in [-0.2, -0.15) is 0 Å². The Bertz CT molecular complexity index is 8750. The van der Waals surface area contributed by atoms with Gasteiger partial charge in [-0.1, -0.05) is 412 Å². The van der Waals surface area contributed by atoms with Crippen LogP contribution in [-0.2, 0) is 0 Å². The molecule has 0 amide bonds. The molecule has 0 bridgehead atoms. The van der Waals surface area contributed by atoms with Crippen molar-refractivity contribution >= 4 is 162 Å². The Morgan fingerprint density at radius 2 is 0.392 bits per heavy atom. The van der Waals surface area contributed by atoms with Crippen molar-refractivity contribution in [3.05, 3.63) is 445 Å². The molecule has 26 rings (SSSR count). The third kappa shape index (κ3) is 12.6. The van der Waals surface area contributed by atoms with Crippen LogP contribution in [0, 0.1) is 48.5 Å². The van der Waals surface area contributed by atoms with E-state index in [4.69, 9.17) is 0 Å². The zero-order valence-electron chi connectivity index (χ0n) is 71.2. The average Bonchev–Trinajstić information content (AvgIpc) is 0.764. The summed E-state index contributed by atoms with van der Waals surface area (Å²) in [6, 6.07) is 150. The fraction of sp³-hybridized carbons (Fsp3) is 0.0560. The van der Waals surface area contributed by atoms with Crippen LogP contribution in [-0.4, -0.2) is 0 Å². The molecule has 0 N–H and O–H groups in total. The van der Waals surface area contributed by atoms with Crippen molar-refractivity contribution < 1.29 is 0 Å². The van der Waals surface area contributed by atoms with Gasteiger partial charge in [-0.05, 0) is 322 Å². The molecule has 0 aliphatic carbocycles. The van der Waals surface area contributed by atoms with Crippen LogP contribution in [0.3, 0.4) is 0 Å². The highest BCUT2D eigenvalue weighted by molar-refractivity contribution is 6.32. The van der Waals surface area contributed by atoms with Crippen LogP contribution in [0.1, 0.15) is 38.9 Å². The molecule has 0 aromatic heterocycles. The molecule has 26 aromatic carbocycles. The van der Waals surface area contributed by atoms with Gasteiger partial charge in [0.05, 0.1) is 0 Å². The molecule has 0 saturated carbocycles. The lowest BCUT2D eigenvalue weighted by Crippen LogP contribution is -1.90. The Labute approximate surface area is 728 Å². The van der Waals surface area contributed by atoms with Crippen LogP contribution in [0.2, 0.25) is 0 Å². The molecule has 0 nitrogen and oxygen atoms in total. The van der Waals surface area contributed by atoms with E-state index in [0.29, 0.717) is 0 Å². The zero-order chi connectivity index (χ0) is 83.8. The summed E-state index contributed by atoms with van der Waals surface area (Å²) >= 11 is 0. The third-order valence-corrected chi connectivity index (χ3v) is 27.3. The monoisotopic (exact) mass is 1590 g/mol. The topological polar surface area (TPSA) is 0 Å². The first-order valence-electron chi connectivity index (χ1n) is 43.9. The zero-order valence-corrected chi connectivity index (χ0v) is 71.2. The molecule has 125 heavy (non-hydrogen) atoms. The van der Waals surface area contributed by atoms with Gasteiger partial charge in [-0.3, -0.25) is 0 Å². The molecule has 0 unspecified atom stereocenters. The smallest absolute Gasteiger partial charge is 0.00203 e. The van der Waals surface area contributed by atoms with Crippen LogP contribution in [0.5, 0.6) is 0 Å². The van der Waals surface area contributed by atoms with Crippen LogP contribution >= 0.6 is 0 Å². The van der Waals surface area contributed by atoms with Gasteiger partial charge < -0.3 is 0 Å². The van der Waals surface area contributed by atoms with E-state index in [2.05, 4.69) is 455 Å². The van der Waals surface area contributed by atoms with Crippen LogP contribution in [0.25, 0.3) is 239 Å². The van der Waals surface area contributed by atoms with E-state index in [1.165, 1.54) is 278 Å². The van der Waals surface area contributed by atoms with Crippen molar-refractivity contribution in [2.45, 2.75) is 48.5 Å². The van der Waals surface area contributed by atoms with E-state index >= 15 is 0 Å². The molecular formula is C125H88. The second-order valence-corrected chi connectivity index (χ2v) is 34.8. The maximum atomic E-state index is 2.32. The summed E-state index contributed by atoms with van der Waals surface area (Å²) in [6.45, 7) is 15.3. The fourth-order valence-electron chi connectivity index (χ4n) is 20.9. The predicted octanol–water partition coefficient (Wildman–Crippen LogP) is 35.6. The highest BCUT2D eigenvalue weighted by Crippen LogP contribution is 2.49. The summed E-state index contributed by atoms with van der Waals surface area (Å²) in [5, 5.41) is 39.9. The normalized spacial score (nSPS) is 11.8. The molecular weight excluding hydrogens is 1500 g/mol. The van der Waals surface area contributed by atoms with Gasteiger partial charge in [0.1, 0.15) is 0 Å². The van der Waals surface area contributed by atoms with E-state index in [1.54, 1.807) is 0 Å². The summed E-state index contributed by atoms with van der Waals surface area (Å²) in [4.78, 5) is 0. The lowest BCUT2D eigenvalue weighted by molar-refractivity contribution is 1.34. The Balaban J connectivity index is 0.0000000964. The van der Waals surface area contributed by atoms with E-state index in [0.717, 1.165) is 0 Å². The third-order valence-electron chi connectivity index (χ3n) is 27.3. The van der Waals surface area contributed by atoms with Crippen LogP contribution in [0.4, 0.5) is 0 Å². The van der Waals surface area contributed by atoms with E-state index in [-0.39, 0.29) is 0 Å².